The van der Waals surface area contributed by atoms with Crippen molar-refractivity contribution < 1.29 is 9.66 Å². The zero-order chi connectivity index (χ0) is 15.4. The summed E-state index contributed by atoms with van der Waals surface area (Å²) in [6.45, 7) is 0.455. The number of ether oxygens (including phenoxy) is 1. The molecule has 0 saturated carbocycles. The largest absolute Gasteiger partial charge is 0.497 e. The maximum Gasteiger partial charge on any atom is 0.270 e. The number of benzene rings is 2. The highest BCUT2D eigenvalue weighted by atomic mass is 79.9. The zero-order valence-electron chi connectivity index (χ0n) is 11.1. The quantitative estimate of drug-likeness (QED) is 0.614. The molecule has 0 aliphatic rings. The summed E-state index contributed by atoms with van der Waals surface area (Å²) in [5.41, 5.74) is 1.62. The van der Waals surface area contributed by atoms with Gasteiger partial charge < -0.3 is 10.1 Å². The van der Waals surface area contributed by atoms with Crippen LogP contribution in [-0.4, -0.2) is 12.0 Å². The summed E-state index contributed by atoms with van der Waals surface area (Å²) in [7, 11) is 1.60. The second-order valence-electron chi connectivity index (χ2n) is 4.27. The monoisotopic (exact) mass is 370 g/mol. The fourth-order valence-corrected chi connectivity index (χ4v) is 2.49. The van der Waals surface area contributed by atoms with Gasteiger partial charge in [0, 0.05) is 34.9 Å². The third kappa shape index (κ3) is 4.09. The van der Waals surface area contributed by atoms with E-state index in [1.54, 1.807) is 13.2 Å². The van der Waals surface area contributed by atoms with Crippen LogP contribution in [0.1, 0.15) is 5.56 Å². The van der Waals surface area contributed by atoms with E-state index >= 15 is 0 Å². The lowest BCUT2D eigenvalue weighted by molar-refractivity contribution is -0.384. The van der Waals surface area contributed by atoms with Crippen molar-refractivity contribution in [3.05, 3.63) is 61.6 Å². The number of rotatable bonds is 5. The summed E-state index contributed by atoms with van der Waals surface area (Å²) in [5, 5.41) is 14.2. The highest BCUT2D eigenvalue weighted by molar-refractivity contribution is 9.10. The summed E-state index contributed by atoms with van der Waals surface area (Å²) >= 11 is 9.45. The molecule has 0 heterocycles. The summed E-state index contributed by atoms with van der Waals surface area (Å²) in [5.74, 6) is 0.724. The Hall–Kier alpha value is -1.79. The van der Waals surface area contributed by atoms with E-state index in [1.807, 2.05) is 18.2 Å². The number of nitrogens with zero attached hydrogens (tertiary/aromatic N) is 1. The van der Waals surface area contributed by atoms with E-state index in [0.717, 1.165) is 21.5 Å². The van der Waals surface area contributed by atoms with Crippen LogP contribution in [-0.2, 0) is 6.54 Å². The summed E-state index contributed by atoms with van der Waals surface area (Å²) < 4.78 is 6.07. The van der Waals surface area contributed by atoms with E-state index in [1.165, 1.54) is 12.1 Å². The van der Waals surface area contributed by atoms with E-state index < -0.39 is 4.92 Å². The van der Waals surface area contributed by atoms with Gasteiger partial charge in [0.25, 0.3) is 5.69 Å². The van der Waals surface area contributed by atoms with Gasteiger partial charge in [-0.1, -0.05) is 27.5 Å². The Balaban J connectivity index is 2.13. The molecule has 0 radical (unpaired) electrons. The minimum absolute atomic E-state index is 0.0205. The standard InChI is InChI=1S/C14H12BrClN2O3/c1-21-13-5-10(15)4-11(6-13)17-8-9-2-3-12(18(19)20)7-14(9)16/h2-7,17H,8H2,1H3. The minimum atomic E-state index is -0.470. The van der Waals surface area contributed by atoms with E-state index in [2.05, 4.69) is 21.2 Å². The molecule has 2 rings (SSSR count). The molecule has 5 nitrogen and oxygen atoms in total. The number of nitro benzene ring substituents is 1. The molecule has 0 unspecified atom stereocenters. The number of nitrogens with one attached hydrogen (secondary N) is 1. The van der Waals surface area contributed by atoms with Gasteiger partial charge in [-0.05, 0) is 23.8 Å². The molecule has 21 heavy (non-hydrogen) atoms. The summed E-state index contributed by atoms with van der Waals surface area (Å²) in [6, 6.07) is 10.0. The minimum Gasteiger partial charge on any atom is -0.497 e. The smallest absolute Gasteiger partial charge is 0.270 e. The maximum atomic E-state index is 10.7. The van der Waals surface area contributed by atoms with Crippen LogP contribution in [0.3, 0.4) is 0 Å². The van der Waals surface area contributed by atoms with E-state index in [4.69, 9.17) is 16.3 Å². The van der Waals surface area contributed by atoms with Crippen LogP contribution in [0.4, 0.5) is 11.4 Å². The number of halogens is 2. The van der Waals surface area contributed by atoms with Crippen molar-refractivity contribution >= 4 is 38.9 Å². The molecule has 0 atom stereocenters. The molecule has 7 heteroatoms. The Morgan fingerprint density at radius 1 is 1.33 bits per heavy atom. The molecule has 2 aromatic carbocycles. The van der Waals surface area contributed by atoms with E-state index in [0.29, 0.717) is 11.6 Å². The lowest BCUT2D eigenvalue weighted by atomic mass is 10.2. The van der Waals surface area contributed by atoms with Crippen molar-refractivity contribution in [3.63, 3.8) is 0 Å². The predicted octanol–water partition coefficient (Wildman–Crippen LogP) is 4.63. The van der Waals surface area contributed by atoms with Gasteiger partial charge in [0.1, 0.15) is 5.75 Å². The highest BCUT2D eigenvalue weighted by Gasteiger charge is 2.09. The van der Waals surface area contributed by atoms with Crippen molar-refractivity contribution in [1.82, 2.24) is 0 Å². The Morgan fingerprint density at radius 2 is 2.10 bits per heavy atom. The molecular formula is C14H12BrClN2O3. The van der Waals surface area contributed by atoms with Gasteiger partial charge in [0.05, 0.1) is 17.1 Å². The second-order valence-corrected chi connectivity index (χ2v) is 5.59. The summed E-state index contributed by atoms with van der Waals surface area (Å²) in [4.78, 5) is 10.2. The first-order chi connectivity index (χ1) is 9.99. The topological polar surface area (TPSA) is 64.4 Å². The number of methoxy groups -OCH3 is 1. The fourth-order valence-electron chi connectivity index (χ4n) is 1.77. The molecule has 1 N–H and O–H groups in total. The Labute approximate surface area is 135 Å². The van der Waals surface area contributed by atoms with Crippen LogP contribution in [0.15, 0.2) is 40.9 Å². The third-order valence-corrected chi connectivity index (χ3v) is 3.65. The maximum absolute atomic E-state index is 10.7. The third-order valence-electron chi connectivity index (χ3n) is 2.84. The van der Waals surface area contributed by atoms with Crippen molar-refractivity contribution in [1.29, 1.82) is 0 Å². The van der Waals surface area contributed by atoms with Crippen LogP contribution in [0, 0.1) is 10.1 Å². The van der Waals surface area contributed by atoms with Gasteiger partial charge in [-0.3, -0.25) is 10.1 Å². The fraction of sp³-hybridized carbons (Fsp3) is 0.143. The van der Waals surface area contributed by atoms with Crippen LogP contribution < -0.4 is 10.1 Å². The van der Waals surface area contributed by atoms with Crippen LogP contribution in [0.5, 0.6) is 5.75 Å². The van der Waals surface area contributed by atoms with Crippen molar-refractivity contribution in [2.75, 3.05) is 12.4 Å². The first kappa shape index (κ1) is 15.6. The van der Waals surface area contributed by atoms with Crippen molar-refractivity contribution in [2.45, 2.75) is 6.54 Å². The molecule has 0 aliphatic carbocycles. The van der Waals surface area contributed by atoms with Gasteiger partial charge in [-0.25, -0.2) is 0 Å². The molecule has 0 bridgehead atoms. The molecular weight excluding hydrogens is 360 g/mol. The van der Waals surface area contributed by atoms with Crippen molar-refractivity contribution in [2.24, 2.45) is 0 Å². The average molecular weight is 372 g/mol. The normalized spacial score (nSPS) is 10.2. The zero-order valence-corrected chi connectivity index (χ0v) is 13.4. The van der Waals surface area contributed by atoms with Gasteiger partial charge in [-0.15, -0.1) is 0 Å². The Morgan fingerprint density at radius 3 is 2.71 bits per heavy atom. The SMILES string of the molecule is COc1cc(Br)cc(NCc2ccc([N+](=O)[O-])cc2Cl)c1. The van der Waals surface area contributed by atoms with Gasteiger partial charge in [0.2, 0.25) is 0 Å². The first-order valence-electron chi connectivity index (χ1n) is 6.01. The Bertz CT molecular complexity index is 679. The number of hydrogen-bond acceptors (Lipinski definition) is 4. The molecule has 0 aromatic heterocycles. The number of nitro groups is 1. The van der Waals surface area contributed by atoms with Gasteiger partial charge in [-0.2, -0.15) is 0 Å². The van der Waals surface area contributed by atoms with Crippen LogP contribution >= 0.6 is 27.5 Å². The number of anilines is 1. The molecule has 2 aromatic rings. The molecule has 0 spiro atoms. The van der Waals surface area contributed by atoms with Gasteiger partial charge in [0.15, 0.2) is 0 Å². The number of non-ortho nitro benzene ring substituents is 1. The van der Waals surface area contributed by atoms with Crippen molar-refractivity contribution in [3.8, 4) is 5.75 Å². The van der Waals surface area contributed by atoms with Crippen LogP contribution in [0.2, 0.25) is 5.02 Å². The summed E-state index contributed by atoms with van der Waals surface area (Å²) in [6.07, 6.45) is 0. The average Bonchev–Trinajstić information content (AvgIpc) is 2.45. The molecule has 0 fully saturated rings. The molecule has 110 valence electrons. The lowest BCUT2D eigenvalue weighted by Gasteiger charge is -2.10. The lowest BCUT2D eigenvalue weighted by Crippen LogP contribution is -2.01. The highest BCUT2D eigenvalue weighted by Crippen LogP contribution is 2.26. The van der Waals surface area contributed by atoms with E-state index in [-0.39, 0.29) is 5.69 Å². The second kappa shape index (κ2) is 6.78. The predicted molar refractivity (Wildman–Crippen MR) is 86.1 cm³/mol. The van der Waals surface area contributed by atoms with E-state index in [9.17, 15) is 10.1 Å². The molecule has 0 saturated heterocycles. The molecule has 0 aliphatic heterocycles. The first-order valence-corrected chi connectivity index (χ1v) is 7.18. The van der Waals surface area contributed by atoms with Crippen LogP contribution in [0.25, 0.3) is 0 Å². The Kier molecular flexibility index (Phi) is 5.03. The number of hydrogen-bond donors (Lipinski definition) is 1. The molecule has 0 amide bonds. The van der Waals surface area contributed by atoms with Gasteiger partial charge >= 0.3 is 0 Å².